The molecule has 0 saturated carbocycles. The molecule has 37 heavy (non-hydrogen) atoms. The van der Waals surface area contributed by atoms with Crippen LogP contribution in [0, 0.1) is 0 Å². The van der Waals surface area contributed by atoms with Crippen molar-refractivity contribution >= 4 is 39.1 Å². The van der Waals surface area contributed by atoms with E-state index in [2.05, 4.69) is 43.1 Å². The van der Waals surface area contributed by atoms with Crippen LogP contribution < -0.4 is 20.1 Å². The Kier molecular flexibility index (Phi) is 7.18. The Bertz CT molecular complexity index is 1350. The Labute approximate surface area is 223 Å². The molecule has 2 aliphatic rings. The molecule has 2 aromatic heterocycles. The van der Waals surface area contributed by atoms with Crippen LogP contribution in [0.1, 0.15) is 28.9 Å². The molecule has 0 unspecified atom stereocenters. The number of halogens is 1. The number of fused-ring (bicyclic) bond motifs is 1. The molecule has 0 radical (unpaired) electrons. The number of amides is 2. The van der Waals surface area contributed by atoms with Gasteiger partial charge in [0, 0.05) is 37.0 Å². The number of aromatic nitrogens is 2. The monoisotopic (exact) mass is 565 g/mol. The maximum absolute atomic E-state index is 13.0. The summed E-state index contributed by atoms with van der Waals surface area (Å²) in [6.07, 6.45) is 7.15. The van der Waals surface area contributed by atoms with Crippen LogP contribution in [-0.4, -0.2) is 59.5 Å². The number of carbonyl (C=O) groups excluding carboxylic acids is 2. The van der Waals surface area contributed by atoms with Gasteiger partial charge in [0.25, 0.3) is 5.91 Å². The SMILES string of the molecule is C=CC(=O)N1CCC[C@H]1COc1cnccc1-c1[nH]c2c(c1Nc1cccc(Br)c1OC)C(=O)NCC2. The molecule has 192 valence electrons. The quantitative estimate of drug-likeness (QED) is 0.348. The van der Waals surface area contributed by atoms with E-state index < -0.39 is 0 Å². The fourth-order valence-electron chi connectivity index (χ4n) is 4.96. The highest BCUT2D eigenvalue weighted by atomic mass is 79.9. The van der Waals surface area contributed by atoms with Gasteiger partial charge >= 0.3 is 0 Å². The number of likely N-dealkylation sites (tertiary alicyclic amines) is 1. The van der Waals surface area contributed by atoms with Gasteiger partial charge in [0.1, 0.15) is 12.4 Å². The first kappa shape index (κ1) is 24.9. The van der Waals surface area contributed by atoms with Gasteiger partial charge in [-0.3, -0.25) is 14.6 Å². The van der Waals surface area contributed by atoms with Crippen molar-refractivity contribution in [1.82, 2.24) is 20.2 Å². The maximum Gasteiger partial charge on any atom is 0.255 e. The van der Waals surface area contributed by atoms with Crippen molar-refractivity contribution in [3.8, 4) is 22.8 Å². The number of hydrogen-bond donors (Lipinski definition) is 3. The Morgan fingerprint density at radius 2 is 2.24 bits per heavy atom. The predicted molar refractivity (Wildman–Crippen MR) is 144 cm³/mol. The van der Waals surface area contributed by atoms with Crippen LogP contribution in [0.25, 0.3) is 11.3 Å². The minimum absolute atomic E-state index is 0.0373. The van der Waals surface area contributed by atoms with Gasteiger partial charge in [-0.05, 0) is 53.0 Å². The van der Waals surface area contributed by atoms with E-state index in [-0.39, 0.29) is 17.9 Å². The molecule has 0 spiro atoms. The first-order valence-corrected chi connectivity index (χ1v) is 12.9. The molecule has 9 nitrogen and oxygen atoms in total. The molecule has 1 atom stereocenters. The molecule has 4 heterocycles. The minimum Gasteiger partial charge on any atom is -0.493 e. The number of pyridine rings is 1. The standard InChI is InChI=1S/C27H28BrN5O4/c1-3-22(34)33-13-5-6-16(33)15-37-21-14-29-11-9-17(21)24-25(23-19(31-24)10-12-30-27(23)35)32-20-8-4-7-18(28)26(20)36-2/h3-4,7-9,11,14,16,31-32H,1,5-6,10,12-13,15H2,2H3,(H,30,35)/t16-/m0/s1. The highest BCUT2D eigenvalue weighted by Crippen LogP contribution is 2.43. The summed E-state index contributed by atoms with van der Waals surface area (Å²) in [7, 11) is 1.60. The number of aromatic amines is 1. The number of nitrogens with one attached hydrogen (secondary N) is 3. The third-order valence-corrected chi connectivity index (χ3v) is 7.34. The molecule has 2 aliphatic heterocycles. The number of methoxy groups -OCH3 is 1. The van der Waals surface area contributed by atoms with Crippen LogP contribution in [0.4, 0.5) is 11.4 Å². The number of para-hydroxylation sites is 1. The number of rotatable bonds is 8. The number of nitrogens with zero attached hydrogens (tertiary/aromatic N) is 2. The average molecular weight is 566 g/mol. The Morgan fingerprint density at radius 3 is 3.05 bits per heavy atom. The lowest BCUT2D eigenvalue weighted by molar-refractivity contribution is -0.127. The van der Waals surface area contributed by atoms with E-state index in [0.717, 1.165) is 28.6 Å². The number of carbonyl (C=O) groups is 2. The number of H-pyrrole nitrogens is 1. The highest BCUT2D eigenvalue weighted by Gasteiger charge is 2.30. The van der Waals surface area contributed by atoms with Crippen LogP contribution in [0.3, 0.4) is 0 Å². The van der Waals surface area contributed by atoms with E-state index in [1.807, 2.05) is 24.3 Å². The van der Waals surface area contributed by atoms with E-state index in [1.165, 1.54) is 6.08 Å². The summed E-state index contributed by atoms with van der Waals surface area (Å²) in [4.78, 5) is 34.7. The largest absolute Gasteiger partial charge is 0.493 e. The van der Waals surface area contributed by atoms with Gasteiger partial charge in [-0.15, -0.1) is 0 Å². The van der Waals surface area contributed by atoms with Gasteiger partial charge in [0.2, 0.25) is 5.91 Å². The number of benzene rings is 1. The van der Waals surface area contributed by atoms with Gasteiger partial charge < -0.3 is 30.0 Å². The highest BCUT2D eigenvalue weighted by molar-refractivity contribution is 9.10. The van der Waals surface area contributed by atoms with Crippen molar-refractivity contribution in [2.75, 3.05) is 32.1 Å². The van der Waals surface area contributed by atoms with Gasteiger partial charge in [-0.2, -0.15) is 0 Å². The van der Waals surface area contributed by atoms with E-state index in [4.69, 9.17) is 9.47 Å². The first-order chi connectivity index (χ1) is 18.0. The third kappa shape index (κ3) is 4.81. The summed E-state index contributed by atoms with van der Waals surface area (Å²) in [5.74, 6) is 0.944. The van der Waals surface area contributed by atoms with Crippen LogP contribution in [0.5, 0.6) is 11.5 Å². The first-order valence-electron chi connectivity index (χ1n) is 12.1. The molecule has 3 aromatic rings. The molecule has 1 fully saturated rings. The molecule has 3 N–H and O–H groups in total. The Morgan fingerprint density at radius 1 is 1.38 bits per heavy atom. The molecular weight excluding hydrogens is 538 g/mol. The predicted octanol–water partition coefficient (Wildman–Crippen LogP) is 4.43. The summed E-state index contributed by atoms with van der Waals surface area (Å²) in [5, 5.41) is 6.38. The van der Waals surface area contributed by atoms with Crippen molar-refractivity contribution in [1.29, 1.82) is 0 Å². The number of ether oxygens (including phenoxy) is 2. The summed E-state index contributed by atoms with van der Waals surface area (Å²) in [6.45, 7) is 5.20. The van der Waals surface area contributed by atoms with Gasteiger partial charge in [0.15, 0.2) is 5.75 Å². The van der Waals surface area contributed by atoms with Crippen LogP contribution in [0.15, 0.2) is 53.8 Å². The smallest absolute Gasteiger partial charge is 0.255 e. The molecule has 1 aromatic carbocycles. The molecule has 10 heteroatoms. The molecule has 0 aliphatic carbocycles. The summed E-state index contributed by atoms with van der Waals surface area (Å²) < 4.78 is 12.7. The van der Waals surface area contributed by atoms with Gasteiger partial charge in [0.05, 0.1) is 46.5 Å². The summed E-state index contributed by atoms with van der Waals surface area (Å²) >= 11 is 3.53. The van der Waals surface area contributed by atoms with Crippen LogP contribution in [-0.2, 0) is 11.2 Å². The molecule has 2 amide bonds. The topological polar surface area (TPSA) is 109 Å². The van der Waals surface area contributed by atoms with Crippen molar-refractivity contribution in [3.63, 3.8) is 0 Å². The van der Waals surface area contributed by atoms with Crippen LogP contribution >= 0.6 is 15.9 Å². The van der Waals surface area contributed by atoms with E-state index in [1.54, 1.807) is 24.4 Å². The lowest BCUT2D eigenvalue weighted by Gasteiger charge is -2.24. The number of anilines is 2. The lowest BCUT2D eigenvalue weighted by Crippen LogP contribution is -2.38. The Balaban J connectivity index is 1.53. The maximum atomic E-state index is 13.0. The fourth-order valence-corrected chi connectivity index (χ4v) is 5.49. The van der Waals surface area contributed by atoms with E-state index >= 15 is 0 Å². The zero-order valence-electron chi connectivity index (χ0n) is 20.5. The zero-order chi connectivity index (χ0) is 25.9. The Hall–Kier alpha value is -3.79. The van der Waals surface area contributed by atoms with Crippen molar-refractivity contribution in [3.05, 3.63) is 65.0 Å². The normalized spacial score (nSPS) is 16.6. The fraction of sp³-hybridized carbons (Fsp3) is 0.296. The molecular formula is C27H28BrN5O4. The van der Waals surface area contributed by atoms with Crippen molar-refractivity contribution in [2.45, 2.75) is 25.3 Å². The van der Waals surface area contributed by atoms with E-state index in [0.29, 0.717) is 60.2 Å². The summed E-state index contributed by atoms with van der Waals surface area (Å²) in [5.41, 5.74) is 4.21. The second kappa shape index (κ2) is 10.7. The van der Waals surface area contributed by atoms with Crippen molar-refractivity contribution < 1.29 is 19.1 Å². The van der Waals surface area contributed by atoms with Gasteiger partial charge in [-0.1, -0.05) is 12.6 Å². The van der Waals surface area contributed by atoms with Gasteiger partial charge in [-0.25, -0.2) is 0 Å². The lowest BCUT2D eigenvalue weighted by atomic mass is 10.0. The second-order valence-electron chi connectivity index (χ2n) is 8.89. The second-order valence-corrected chi connectivity index (χ2v) is 9.75. The van der Waals surface area contributed by atoms with Crippen molar-refractivity contribution in [2.24, 2.45) is 0 Å². The average Bonchev–Trinajstić information content (AvgIpc) is 3.53. The molecule has 1 saturated heterocycles. The summed E-state index contributed by atoms with van der Waals surface area (Å²) in [6, 6.07) is 7.50. The molecule has 0 bridgehead atoms. The van der Waals surface area contributed by atoms with E-state index in [9.17, 15) is 9.59 Å². The minimum atomic E-state index is -0.152. The third-order valence-electron chi connectivity index (χ3n) is 6.72. The zero-order valence-corrected chi connectivity index (χ0v) is 22.1. The molecule has 5 rings (SSSR count). The number of hydrogen-bond acceptors (Lipinski definition) is 6. The van der Waals surface area contributed by atoms with Crippen LogP contribution in [0.2, 0.25) is 0 Å².